The Morgan fingerprint density at radius 2 is 2.07 bits per heavy atom. The molecule has 0 heterocycles. The zero-order valence-corrected chi connectivity index (χ0v) is 10.5. The molecule has 0 aliphatic heterocycles. The van der Waals surface area contributed by atoms with Crippen LogP contribution in [0.3, 0.4) is 0 Å². The Bertz CT molecular complexity index is 339. The van der Waals surface area contributed by atoms with E-state index in [9.17, 15) is 4.79 Å². The number of benzene rings is 1. The molecule has 0 aliphatic rings. The summed E-state index contributed by atoms with van der Waals surface area (Å²) in [6.45, 7) is 1.06. The standard InChI is InChI=1S/C11H15BrN2O/c1-14(2)11(15)8-13-7-9-5-3-4-6-10(9)12/h3-6,13H,7-8H2,1-2H3. The fourth-order valence-electron chi connectivity index (χ4n) is 1.10. The van der Waals surface area contributed by atoms with E-state index in [2.05, 4.69) is 21.2 Å². The average molecular weight is 271 g/mol. The number of halogens is 1. The van der Waals surface area contributed by atoms with Gasteiger partial charge in [-0.3, -0.25) is 4.79 Å². The number of nitrogens with one attached hydrogen (secondary N) is 1. The van der Waals surface area contributed by atoms with Gasteiger partial charge < -0.3 is 10.2 Å². The van der Waals surface area contributed by atoms with Crippen LogP contribution in [0, 0.1) is 0 Å². The molecule has 1 N–H and O–H groups in total. The molecule has 0 bridgehead atoms. The molecule has 3 nitrogen and oxygen atoms in total. The van der Waals surface area contributed by atoms with E-state index in [1.165, 1.54) is 0 Å². The molecule has 1 aromatic carbocycles. The highest BCUT2D eigenvalue weighted by molar-refractivity contribution is 9.10. The first-order chi connectivity index (χ1) is 7.11. The van der Waals surface area contributed by atoms with Gasteiger partial charge in [0.25, 0.3) is 0 Å². The zero-order chi connectivity index (χ0) is 11.3. The van der Waals surface area contributed by atoms with E-state index >= 15 is 0 Å². The van der Waals surface area contributed by atoms with Gasteiger partial charge in [0.15, 0.2) is 0 Å². The summed E-state index contributed by atoms with van der Waals surface area (Å²) >= 11 is 3.46. The number of carbonyl (C=O) groups is 1. The molecule has 1 rings (SSSR count). The van der Waals surface area contributed by atoms with E-state index in [1.807, 2.05) is 24.3 Å². The summed E-state index contributed by atoms with van der Waals surface area (Å²) in [5, 5.41) is 3.10. The fraction of sp³-hybridized carbons (Fsp3) is 0.364. The van der Waals surface area contributed by atoms with Crippen LogP contribution in [0.25, 0.3) is 0 Å². The zero-order valence-electron chi connectivity index (χ0n) is 8.96. The molecule has 0 unspecified atom stereocenters. The molecule has 0 spiro atoms. The average Bonchev–Trinajstić information content (AvgIpc) is 2.20. The van der Waals surface area contributed by atoms with Crippen molar-refractivity contribution in [3.63, 3.8) is 0 Å². The summed E-state index contributed by atoms with van der Waals surface area (Å²) in [5.41, 5.74) is 1.16. The lowest BCUT2D eigenvalue weighted by Gasteiger charge is -2.11. The number of likely N-dealkylation sites (N-methyl/N-ethyl adjacent to an activating group) is 1. The highest BCUT2D eigenvalue weighted by atomic mass is 79.9. The van der Waals surface area contributed by atoms with Gasteiger partial charge in [0.05, 0.1) is 6.54 Å². The van der Waals surface area contributed by atoms with Crippen LogP contribution in [-0.4, -0.2) is 31.4 Å². The Labute approximate surface area is 98.6 Å². The minimum atomic E-state index is 0.0852. The van der Waals surface area contributed by atoms with Gasteiger partial charge in [-0.1, -0.05) is 34.1 Å². The second-order valence-corrected chi connectivity index (χ2v) is 4.34. The first kappa shape index (κ1) is 12.2. The first-order valence-corrected chi connectivity index (χ1v) is 5.55. The number of nitrogens with zero attached hydrogens (tertiary/aromatic N) is 1. The molecule has 1 aromatic rings. The number of hydrogen-bond donors (Lipinski definition) is 1. The Morgan fingerprint density at radius 3 is 2.67 bits per heavy atom. The smallest absolute Gasteiger partial charge is 0.236 e. The third-order valence-electron chi connectivity index (χ3n) is 2.05. The lowest BCUT2D eigenvalue weighted by Crippen LogP contribution is -2.32. The molecule has 15 heavy (non-hydrogen) atoms. The first-order valence-electron chi connectivity index (χ1n) is 4.75. The molecule has 0 aromatic heterocycles. The largest absolute Gasteiger partial charge is 0.348 e. The van der Waals surface area contributed by atoms with E-state index in [0.717, 1.165) is 10.0 Å². The molecular formula is C11H15BrN2O. The normalized spacial score (nSPS) is 10.1. The number of amides is 1. The molecule has 0 aliphatic carbocycles. The SMILES string of the molecule is CN(C)C(=O)CNCc1ccccc1Br. The van der Waals surface area contributed by atoms with Crippen LogP contribution in [0.15, 0.2) is 28.7 Å². The Kier molecular flexibility index (Phi) is 4.78. The molecule has 0 fully saturated rings. The maximum atomic E-state index is 11.3. The topological polar surface area (TPSA) is 32.3 Å². The van der Waals surface area contributed by atoms with Gasteiger partial charge in [-0.2, -0.15) is 0 Å². The minimum absolute atomic E-state index is 0.0852. The van der Waals surface area contributed by atoms with Crippen molar-refractivity contribution in [2.24, 2.45) is 0 Å². The van der Waals surface area contributed by atoms with E-state index in [0.29, 0.717) is 13.1 Å². The van der Waals surface area contributed by atoms with Crippen LogP contribution in [0.4, 0.5) is 0 Å². The monoisotopic (exact) mass is 270 g/mol. The Balaban J connectivity index is 2.38. The van der Waals surface area contributed by atoms with E-state index in [1.54, 1.807) is 19.0 Å². The van der Waals surface area contributed by atoms with E-state index < -0.39 is 0 Å². The van der Waals surface area contributed by atoms with Crippen molar-refractivity contribution < 1.29 is 4.79 Å². The van der Waals surface area contributed by atoms with Crippen LogP contribution in [-0.2, 0) is 11.3 Å². The predicted octanol–water partition coefficient (Wildman–Crippen LogP) is 1.63. The Morgan fingerprint density at radius 1 is 1.40 bits per heavy atom. The number of rotatable bonds is 4. The predicted molar refractivity (Wildman–Crippen MR) is 64.5 cm³/mol. The summed E-state index contributed by atoms with van der Waals surface area (Å²) in [7, 11) is 3.50. The lowest BCUT2D eigenvalue weighted by molar-refractivity contribution is -0.127. The van der Waals surface area contributed by atoms with Crippen molar-refractivity contribution in [1.29, 1.82) is 0 Å². The minimum Gasteiger partial charge on any atom is -0.348 e. The van der Waals surface area contributed by atoms with E-state index in [-0.39, 0.29) is 5.91 Å². The van der Waals surface area contributed by atoms with Gasteiger partial charge in [0.2, 0.25) is 5.91 Å². The maximum Gasteiger partial charge on any atom is 0.236 e. The van der Waals surface area contributed by atoms with Crippen LogP contribution >= 0.6 is 15.9 Å². The van der Waals surface area contributed by atoms with E-state index in [4.69, 9.17) is 0 Å². The van der Waals surface area contributed by atoms with Gasteiger partial charge >= 0.3 is 0 Å². The van der Waals surface area contributed by atoms with Gasteiger partial charge in [-0.05, 0) is 11.6 Å². The lowest BCUT2D eigenvalue weighted by atomic mass is 10.2. The number of hydrogen-bond acceptors (Lipinski definition) is 2. The van der Waals surface area contributed by atoms with Crippen molar-refractivity contribution in [3.8, 4) is 0 Å². The molecule has 0 atom stereocenters. The maximum absolute atomic E-state index is 11.3. The Hall–Kier alpha value is -0.870. The van der Waals surface area contributed by atoms with Crippen LogP contribution in [0.2, 0.25) is 0 Å². The summed E-state index contributed by atoms with van der Waals surface area (Å²) in [5.74, 6) is 0.0852. The molecule has 0 saturated heterocycles. The number of carbonyl (C=O) groups excluding carboxylic acids is 1. The summed E-state index contributed by atoms with van der Waals surface area (Å²) < 4.78 is 1.06. The van der Waals surface area contributed by atoms with Crippen LogP contribution in [0.1, 0.15) is 5.56 Å². The quantitative estimate of drug-likeness (QED) is 0.902. The molecule has 0 saturated carbocycles. The fourth-order valence-corrected chi connectivity index (χ4v) is 1.53. The summed E-state index contributed by atoms with van der Waals surface area (Å²) in [6.07, 6.45) is 0. The molecule has 0 radical (unpaired) electrons. The second kappa shape index (κ2) is 5.88. The van der Waals surface area contributed by atoms with Gasteiger partial charge in [-0.15, -0.1) is 0 Å². The molecule has 82 valence electrons. The summed E-state index contributed by atoms with van der Waals surface area (Å²) in [4.78, 5) is 12.8. The van der Waals surface area contributed by atoms with Crippen molar-refractivity contribution in [2.45, 2.75) is 6.54 Å². The van der Waals surface area contributed by atoms with Crippen molar-refractivity contribution in [2.75, 3.05) is 20.6 Å². The highest BCUT2D eigenvalue weighted by Crippen LogP contribution is 2.14. The van der Waals surface area contributed by atoms with Crippen LogP contribution in [0.5, 0.6) is 0 Å². The highest BCUT2D eigenvalue weighted by Gasteiger charge is 2.03. The molecular weight excluding hydrogens is 256 g/mol. The second-order valence-electron chi connectivity index (χ2n) is 3.48. The molecule has 4 heteroatoms. The van der Waals surface area contributed by atoms with Crippen LogP contribution < -0.4 is 5.32 Å². The molecule has 1 amide bonds. The van der Waals surface area contributed by atoms with Gasteiger partial charge in [0, 0.05) is 25.1 Å². The van der Waals surface area contributed by atoms with Crippen molar-refractivity contribution >= 4 is 21.8 Å². The van der Waals surface area contributed by atoms with Gasteiger partial charge in [0.1, 0.15) is 0 Å². The van der Waals surface area contributed by atoms with Crippen molar-refractivity contribution in [3.05, 3.63) is 34.3 Å². The van der Waals surface area contributed by atoms with Crippen molar-refractivity contribution in [1.82, 2.24) is 10.2 Å². The summed E-state index contributed by atoms with van der Waals surface area (Å²) in [6, 6.07) is 7.97. The third-order valence-corrected chi connectivity index (χ3v) is 2.82. The van der Waals surface area contributed by atoms with Gasteiger partial charge in [-0.25, -0.2) is 0 Å². The third kappa shape index (κ3) is 4.01.